The predicted molar refractivity (Wildman–Crippen MR) is 78.1 cm³/mol. The number of amidine groups is 1. The number of nitrogens with one attached hydrogen (secondary N) is 1. The zero-order chi connectivity index (χ0) is 15.2. The van der Waals surface area contributed by atoms with E-state index in [9.17, 15) is 0 Å². The summed E-state index contributed by atoms with van der Waals surface area (Å²) in [4.78, 5) is 4.14. The minimum Gasteiger partial charge on any atom is -0.409 e. The number of hydrogen-bond acceptors (Lipinski definition) is 6. The van der Waals surface area contributed by atoms with Gasteiger partial charge >= 0.3 is 0 Å². The van der Waals surface area contributed by atoms with Gasteiger partial charge in [0, 0.05) is 32.0 Å². The van der Waals surface area contributed by atoms with Gasteiger partial charge in [-0.05, 0) is 24.1 Å². The van der Waals surface area contributed by atoms with E-state index in [2.05, 4.69) is 20.6 Å². The van der Waals surface area contributed by atoms with Gasteiger partial charge in [0.25, 0.3) is 0 Å². The summed E-state index contributed by atoms with van der Waals surface area (Å²) in [6.45, 7) is 5.27. The number of hydrogen-bond donors (Lipinski definition) is 3. The van der Waals surface area contributed by atoms with Crippen LogP contribution < -0.4 is 11.1 Å². The Morgan fingerprint density at radius 2 is 2.24 bits per heavy atom. The van der Waals surface area contributed by atoms with E-state index in [-0.39, 0.29) is 5.84 Å². The average Bonchev–Trinajstić information content (AvgIpc) is 2.89. The highest BCUT2D eigenvalue weighted by molar-refractivity contribution is 5.97. The molecule has 2 rings (SSSR count). The molecule has 0 unspecified atom stereocenters. The molecule has 112 valence electrons. The van der Waals surface area contributed by atoms with E-state index >= 15 is 0 Å². The monoisotopic (exact) mass is 289 g/mol. The molecule has 1 aromatic heterocycles. The van der Waals surface area contributed by atoms with Gasteiger partial charge in [-0.25, -0.2) is 0 Å². The molecule has 0 fully saturated rings. The average molecular weight is 289 g/mol. The molecule has 7 heteroatoms. The maximum Gasteiger partial charge on any atom is 0.223 e. The SMILES string of the molecule is Cc1nc(CCNCc2ccc(/C(N)=N/O)cc2C)no1. The van der Waals surface area contributed by atoms with Crippen molar-refractivity contribution in [3.05, 3.63) is 46.6 Å². The predicted octanol–water partition coefficient (Wildman–Crippen LogP) is 1.11. The van der Waals surface area contributed by atoms with Gasteiger partial charge in [0.15, 0.2) is 11.7 Å². The fourth-order valence-electron chi connectivity index (χ4n) is 1.98. The smallest absolute Gasteiger partial charge is 0.223 e. The Hall–Kier alpha value is -2.41. The molecular weight excluding hydrogens is 270 g/mol. The molecule has 0 radical (unpaired) electrons. The van der Waals surface area contributed by atoms with E-state index in [0.29, 0.717) is 17.3 Å². The Balaban J connectivity index is 1.86. The summed E-state index contributed by atoms with van der Waals surface area (Å²) in [7, 11) is 0. The van der Waals surface area contributed by atoms with E-state index < -0.39 is 0 Å². The lowest BCUT2D eigenvalue weighted by molar-refractivity contribution is 0.318. The van der Waals surface area contributed by atoms with Crippen LogP contribution in [0.1, 0.15) is 28.4 Å². The molecular formula is C14H19N5O2. The molecule has 1 aromatic carbocycles. The zero-order valence-corrected chi connectivity index (χ0v) is 12.1. The van der Waals surface area contributed by atoms with E-state index in [1.54, 1.807) is 6.92 Å². The lowest BCUT2D eigenvalue weighted by Crippen LogP contribution is -2.18. The van der Waals surface area contributed by atoms with Gasteiger partial charge in [-0.2, -0.15) is 4.98 Å². The Morgan fingerprint density at radius 1 is 1.43 bits per heavy atom. The van der Waals surface area contributed by atoms with Crippen molar-refractivity contribution in [3.63, 3.8) is 0 Å². The van der Waals surface area contributed by atoms with Crippen LogP contribution in [0.5, 0.6) is 0 Å². The topological polar surface area (TPSA) is 110 Å². The molecule has 21 heavy (non-hydrogen) atoms. The minimum atomic E-state index is 0.116. The number of nitrogens with zero attached hydrogens (tertiary/aromatic N) is 3. The van der Waals surface area contributed by atoms with Crippen LogP contribution in [-0.2, 0) is 13.0 Å². The summed E-state index contributed by atoms with van der Waals surface area (Å²) in [5.41, 5.74) is 8.52. The van der Waals surface area contributed by atoms with E-state index in [0.717, 1.165) is 30.6 Å². The normalized spacial score (nSPS) is 11.8. The van der Waals surface area contributed by atoms with Crippen molar-refractivity contribution in [2.75, 3.05) is 6.54 Å². The third-order valence-electron chi connectivity index (χ3n) is 3.16. The molecule has 0 aliphatic carbocycles. The number of rotatable bonds is 6. The Bertz CT molecular complexity index is 636. The van der Waals surface area contributed by atoms with E-state index in [1.807, 2.05) is 25.1 Å². The van der Waals surface area contributed by atoms with Crippen LogP contribution in [0.25, 0.3) is 0 Å². The number of nitrogens with two attached hydrogens (primary N) is 1. The summed E-state index contributed by atoms with van der Waals surface area (Å²) in [6, 6.07) is 5.70. The number of aromatic nitrogens is 2. The summed E-state index contributed by atoms with van der Waals surface area (Å²) in [6.07, 6.45) is 0.721. The van der Waals surface area contributed by atoms with Gasteiger partial charge in [0.05, 0.1) is 0 Å². The lowest BCUT2D eigenvalue weighted by Gasteiger charge is -2.09. The van der Waals surface area contributed by atoms with Gasteiger partial charge in [0.1, 0.15) is 0 Å². The van der Waals surface area contributed by atoms with Crippen LogP contribution in [0.3, 0.4) is 0 Å². The van der Waals surface area contributed by atoms with E-state index in [1.165, 1.54) is 0 Å². The fraction of sp³-hybridized carbons (Fsp3) is 0.357. The first-order chi connectivity index (χ1) is 10.1. The molecule has 1 heterocycles. The highest BCUT2D eigenvalue weighted by Crippen LogP contribution is 2.11. The third kappa shape index (κ3) is 4.03. The van der Waals surface area contributed by atoms with Gasteiger partial charge in [-0.3, -0.25) is 0 Å². The van der Waals surface area contributed by atoms with Gasteiger partial charge in [0.2, 0.25) is 5.89 Å². The van der Waals surface area contributed by atoms with Crippen LogP contribution in [-0.4, -0.2) is 27.7 Å². The Morgan fingerprint density at radius 3 is 2.86 bits per heavy atom. The summed E-state index contributed by atoms with van der Waals surface area (Å²) in [5.74, 6) is 1.41. The summed E-state index contributed by atoms with van der Waals surface area (Å²) in [5, 5.41) is 18.8. The van der Waals surface area contributed by atoms with E-state index in [4.69, 9.17) is 15.5 Å². The van der Waals surface area contributed by atoms with Crippen molar-refractivity contribution in [2.24, 2.45) is 10.9 Å². The van der Waals surface area contributed by atoms with Crippen LogP contribution >= 0.6 is 0 Å². The second kappa shape index (κ2) is 6.85. The first-order valence-electron chi connectivity index (χ1n) is 6.67. The Labute approximate surface area is 122 Å². The molecule has 0 atom stereocenters. The largest absolute Gasteiger partial charge is 0.409 e. The standard InChI is InChI=1S/C14H19N5O2/c1-9-7-11(14(15)18-20)3-4-12(9)8-16-6-5-13-17-10(2)21-19-13/h3-4,7,16,20H,5-6,8H2,1-2H3,(H2,15,18). The van der Waals surface area contributed by atoms with Crippen molar-refractivity contribution in [1.29, 1.82) is 0 Å². The zero-order valence-electron chi connectivity index (χ0n) is 12.1. The van der Waals surface area contributed by atoms with Gasteiger partial charge in [-0.15, -0.1) is 0 Å². The minimum absolute atomic E-state index is 0.116. The highest BCUT2D eigenvalue weighted by Gasteiger charge is 2.05. The second-order valence-electron chi connectivity index (χ2n) is 4.78. The quantitative estimate of drug-likeness (QED) is 0.242. The molecule has 2 aromatic rings. The second-order valence-corrected chi connectivity index (χ2v) is 4.78. The maximum absolute atomic E-state index is 8.66. The fourth-order valence-corrected chi connectivity index (χ4v) is 1.98. The van der Waals surface area contributed by atoms with Crippen molar-refractivity contribution in [3.8, 4) is 0 Å². The molecule has 0 saturated carbocycles. The van der Waals surface area contributed by atoms with Crippen molar-refractivity contribution in [2.45, 2.75) is 26.8 Å². The molecule has 4 N–H and O–H groups in total. The van der Waals surface area contributed by atoms with Crippen LogP contribution in [0.15, 0.2) is 27.9 Å². The van der Waals surface area contributed by atoms with Crippen molar-refractivity contribution in [1.82, 2.24) is 15.5 Å². The van der Waals surface area contributed by atoms with Gasteiger partial charge in [-0.1, -0.05) is 22.4 Å². The summed E-state index contributed by atoms with van der Waals surface area (Å²) >= 11 is 0. The Kier molecular flexibility index (Phi) is 4.89. The molecule has 0 bridgehead atoms. The van der Waals surface area contributed by atoms with Crippen molar-refractivity contribution >= 4 is 5.84 Å². The number of oxime groups is 1. The number of benzene rings is 1. The van der Waals surface area contributed by atoms with Crippen LogP contribution in [0.2, 0.25) is 0 Å². The maximum atomic E-state index is 8.66. The van der Waals surface area contributed by atoms with Crippen molar-refractivity contribution < 1.29 is 9.73 Å². The first-order valence-corrected chi connectivity index (χ1v) is 6.67. The third-order valence-corrected chi connectivity index (χ3v) is 3.16. The number of aryl methyl sites for hydroxylation is 2. The van der Waals surface area contributed by atoms with Gasteiger partial charge < -0.3 is 20.8 Å². The molecule has 0 aliphatic heterocycles. The summed E-state index contributed by atoms with van der Waals surface area (Å²) < 4.78 is 4.91. The van der Waals surface area contributed by atoms with Crippen LogP contribution in [0, 0.1) is 13.8 Å². The molecule has 0 spiro atoms. The van der Waals surface area contributed by atoms with Crippen LogP contribution in [0.4, 0.5) is 0 Å². The molecule has 0 aliphatic rings. The molecule has 0 amide bonds. The molecule has 0 saturated heterocycles. The molecule has 7 nitrogen and oxygen atoms in total. The lowest BCUT2D eigenvalue weighted by atomic mass is 10.0. The first kappa shape index (κ1) is 15.0. The highest BCUT2D eigenvalue weighted by atomic mass is 16.5.